The smallest absolute Gasteiger partial charge is 0.242 e. The molecule has 3 nitrogen and oxygen atoms in total. The molecule has 0 N–H and O–H groups in total. The summed E-state index contributed by atoms with van der Waals surface area (Å²) in [4.78, 5) is 0. The van der Waals surface area contributed by atoms with Crippen molar-refractivity contribution >= 4 is 0 Å². The van der Waals surface area contributed by atoms with Crippen LogP contribution in [0.5, 0.6) is 5.75 Å². The van der Waals surface area contributed by atoms with Crippen LogP contribution >= 0.6 is 0 Å². The van der Waals surface area contributed by atoms with Crippen molar-refractivity contribution in [2.24, 2.45) is 7.05 Å². The van der Waals surface area contributed by atoms with Gasteiger partial charge in [0.05, 0.1) is 18.9 Å². The molecule has 15 heavy (non-hydrogen) atoms. The fourth-order valence-corrected chi connectivity index (χ4v) is 1.56. The maximum absolute atomic E-state index is 5.31. The first kappa shape index (κ1) is 9.65. The molecule has 76 valence electrons. The third kappa shape index (κ3) is 1.81. The Morgan fingerprint density at radius 1 is 1.13 bits per heavy atom. The van der Waals surface area contributed by atoms with Crippen molar-refractivity contribution in [2.45, 2.75) is 0 Å². The lowest BCUT2D eigenvalue weighted by Gasteiger charge is -2.04. The Hall–Kier alpha value is -1.90. The van der Waals surface area contributed by atoms with Crippen molar-refractivity contribution in [3.05, 3.63) is 42.6 Å². The third-order valence-electron chi connectivity index (χ3n) is 2.31. The summed E-state index contributed by atoms with van der Waals surface area (Å²) in [7, 11) is 3.59. The van der Waals surface area contributed by atoms with Gasteiger partial charge in [0.1, 0.15) is 5.75 Å². The minimum Gasteiger partial charge on any atom is -0.496 e. The molecule has 1 aromatic heterocycles. The molecular weight excluding hydrogens is 188 g/mol. The topological polar surface area (TPSA) is 26.0 Å². The molecule has 0 fully saturated rings. The Morgan fingerprint density at radius 2 is 1.93 bits per heavy atom. The van der Waals surface area contributed by atoms with E-state index in [1.54, 1.807) is 13.3 Å². The van der Waals surface area contributed by atoms with E-state index < -0.39 is 0 Å². The van der Waals surface area contributed by atoms with E-state index in [-0.39, 0.29) is 0 Å². The molecule has 2 rings (SSSR count). The van der Waals surface area contributed by atoms with Crippen molar-refractivity contribution in [3.8, 4) is 17.0 Å². The second-order valence-corrected chi connectivity index (χ2v) is 3.23. The molecule has 3 heteroatoms. The van der Waals surface area contributed by atoms with Crippen LogP contribution in [0, 0.1) is 0 Å². The van der Waals surface area contributed by atoms with E-state index in [9.17, 15) is 0 Å². The van der Waals surface area contributed by atoms with Crippen LogP contribution in [-0.4, -0.2) is 12.2 Å². The number of para-hydroxylation sites is 1. The second kappa shape index (κ2) is 4.09. The maximum Gasteiger partial charge on any atom is 0.242 e. The lowest BCUT2D eigenvalue weighted by Crippen LogP contribution is -2.35. The monoisotopic (exact) mass is 201 g/mol. The highest BCUT2D eigenvalue weighted by molar-refractivity contribution is 5.64. The van der Waals surface area contributed by atoms with E-state index >= 15 is 0 Å². The highest BCUT2D eigenvalue weighted by Crippen LogP contribution is 2.26. The van der Waals surface area contributed by atoms with Crippen LogP contribution in [0.4, 0.5) is 0 Å². The summed E-state index contributed by atoms with van der Waals surface area (Å²) in [5.74, 6) is 0.862. The molecule has 0 aliphatic carbocycles. The minimum atomic E-state index is 0.862. The molecule has 0 aliphatic rings. The fraction of sp³-hybridized carbons (Fsp3) is 0.167. The molecule has 0 radical (unpaired) electrons. The molecule has 1 aromatic carbocycles. The molecule has 0 unspecified atom stereocenters. The van der Waals surface area contributed by atoms with E-state index in [4.69, 9.17) is 4.74 Å². The summed E-state index contributed by atoms with van der Waals surface area (Å²) in [6.07, 6.45) is 1.76. The largest absolute Gasteiger partial charge is 0.496 e. The highest BCUT2D eigenvalue weighted by atomic mass is 16.5. The summed E-state index contributed by atoms with van der Waals surface area (Å²) in [5, 5.41) is 4.19. The van der Waals surface area contributed by atoms with Gasteiger partial charge in [-0.05, 0) is 23.3 Å². The Morgan fingerprint density at radius 3 is 2.67 bits per heavy atom. The maximum atomic E-state index is 5.31. The molecule has 0 aliphatic heterocycles. The van der Waals surface area contributed by atoms with Gasteiger partial charge < -0.3 is 4.74 Å². The number of rotatable bonds is 2. The van der Waals surface area contributed by atoms with Crippen LogP contribution in [0.2, 0.25) is 0 Å². The molecule has 0 bridgehead atoms. The average Bonchev–Trinajstić information content (AvgIpc) is 2.30. The van der Waals surface area contributed by atoms with Gasteiger partial charge in [-0.2, -0.15) is 0 Å². The lowest BCUT2D eigenvalue weighted by molar-refractivity contribution is -0.720. The Labute approximate surface area is 88.9 Å². The van der Waals surface area contributed by atoms with Crippen LogP contribution in [0.1, 0.15) is 0 Å². The Bertz CT molecular complexity index is 469. The number of hydrogen-bond donors (Lipinski definition) is 0. The van der Waals surface area contributed by atoms with Gasteiger partial charge in [0.25, 0.3) is 0 Å². The Balaban J connectivity index is 2.59. The van der Waals surface area contributed by atoms with Gasteiger partial charge in [0.15, 0.2) is 7.05 Å². The van der Waals surface area contributed by atoms with E-state index in [0.29, 0.717) is 0 Å². The minimum absolute atomic E-state index is 0.862. The quantitative estimate of drug-likeness (QED) is 0.689. The SMILES string of the molecule is COc1ccccc1-c1cccn[n+]1C. The average molecular weight is 201 g/mol. The van der Waals surface area contributed by atoms with Gasteiger partial charge in [-0.1, -0.05) is 16.8 Å². The van der Waals surface area contributed by atoms with Crippen LogP contribution in [0.25, 0.3) is 11.3 Å². The van der Waals surface area contributed by atoms with Gasteiger partial charge >= 0.3 is 0 Å². The van der Waals surface area contributed by atoms with Crippen molar-refractivity contribution in [1.29, 1.82) is 0 Å². The lowest BCUT2D eigenvalue weighted by atomic mass is 10.1. The zero-order valence-electron chi connectivity index (χ0n) is 8.84. The van der Waals surface area contributed by atoms with Gasteiger partial charge in [-0.25, -0.2) is 0 Å². The summed E-state index contributed by atoms with van der Waals surface area (Å²) in [6, 6.07) is 11.9. The van der Waals surface area contributed by atoms with Gasteiger partial charge in [-0.15, -0.1) is 0 Å². The highest BCUT2D eigenvalue weighted by Gasteiger charge is 2.13. The number of aromatic nitrogens is 2. The molecule has 1 heterocycles. The number of nitrogens with zero attached hydrogens (tertiary/aromatic N) is 2. The van der Waals surface area contributed by atoms with E-state index in [0.717, 1.165) is 17.0 Å². The molecule has 0 atom stereocenters. The molecular formula is C12H13N2O+. The number of methoxy groups -OCH3 is 1. The zero-order chi connectivity index (χ0) is 10.7. The molecule has 0 spiro atoms. The summed E-state index contributed by atoms with van der Waals surface area (Å²) in [5.41, 5.74) is 2.09. The molecule has 0 saturated carbocycles. The first-order valence-corrected chi connectivity index (χ1v) is 4.77. The van der Waals surface area contributed by atoms with Crippen molar-refractivity contribution < 1.29 is 9.42 Å². The second-order valence-electron chi connectivity index (χ2n) is 3.23. The normalized spacial score (nSPS) is 10.0. The number of aryl methyl sites for hydroxylation is 1. The van der Waals surface area contributed by atoms with Gasteiger partial charge in [0, 0.05) is 6.07 Å². The van der Waals surface area contributed by atoms with Gasteiger partial charge in [-0.3, -0.25) is 0 Å². The first-order valence-electron chi connectivity index (χ1n) is 4.77. The number of benzene rings is 1. The standard InChI is InChI=1S/C12H13N2O/c1-14-11(7-5-9-13-14)10-6-3-4-8-12(10)15-2/h3-9H,1-2H3/q+1. The fourth-order valence-electron chi connectivity index (χ4n) is 1.56. The summed E-state index contributed by atoms with van der Waals surface area (Å²) < 4.78 is 7.14. The molecule has 2 aromatic rings. The molecule has 0 saturated heterocycles. The van der Waals surface area contributed by atoms with Crippen LogP contribution in [-0.2, 0) is 7.05 Å². The molecule has 0 amide bonds. The summed E-state index contributed by atoms with van der Waals surface area (Å²) in [6.45, 7) is 0. The predicted molar refractivity (Wildman–Crippen MR) is 57.4 cm³/mol. The third-order valence-corrected chi connectivity index (χ3v) is 2.31. The van der Waals surface area contributed by atoms with Crippen LogP contribution in [0.3, 0.4) is 0 Å². The van der Waals surface area contributed by atoms with Crippen LogP contribution < -0.4 is 9.42 Å². The summed E-state index contributed by atoms with van der Waals surface area (Å²) >= 11 is 0. The van der Waals surface area contributed by atoms with Gasteiger partial charge in [0.2, 0.25) is 5.69 Å². The van der Waals surface area contributed by atoms with E-state index in [2.05, 4.69) is 5.10 Å². The number of hydrogen-bond acceptors (Lipinski definition) is 2. The van der Waals surface area contributed by atoms with Crippen molar-refractivity contribution in [2.75, 3.05) is 7.11 Å². The van der Waals surface area contributed by atoms with Crippen LogP contribution in [0.15, 0.2) is 42.6 Å². The van der Waals surface area contributed by atoms with Crippen molar-refractivity contribution in [3.63, 3.8) is 0 Å². The predicted octanol–water partition coefficient (Wildman–Crippen LogP) is 1.58. The van der Waals surface area contributed by atoms with E-state index in [1.807, 2.05) is 48.1 Å². The van der Waals surface area contributed by atoms with Crippen molar-refractivity contribution in [1.82, 2.24) is 5.10 Å². The number of ether oxygens (including phenoxy) is 1. The first-order chi connectivity index (χ1) is 7.33. The zero-order valence-corrected chi connectivity index (χ0v) is 8.84. The van der Waals surface area contributed by atoms with E-state index in [1.165, 1.54) is 0 Å². The Kier molecular flexibility index (Phi) is 2.63.